The van der Waals surface area contributed by atoms with Gasteiger partial charge in [-0.3, -0.25) is 0 Å². The molecule has 1 atom stereocenters. The van der Waals surface area contributed by atoms with Crippen molar-refractivity contribution in [1.29, 1.82) is 0 Å². The highest BCUT2D eigenvalue weighted by atomic mass is 16.3. The third-order valence-electron chi connectivity index (χ3n) is 5.41. The molecule has 0 radical (unpaired) electrons. The average Bonchev–Trinajstić information content (AvgIpc) is 2.53. The third kappa shape index (κ3) is 1.64. The Balaban J connectivity index is 2.06. The van der Waals surface area contributed by atoms with Gasteiger partial charge in [0.1, 0.15) is 0 Å². The Morgan fingerprint density at radius 1 is 1.06 bits per heavy atom. The zero-order chi connectivity index (χ0) is 12.8. The highest BCUT2D eigenvalue weighted by Gasteiger charge is 2.49. The van der Waals surface area contributed by atoms with Crippen LogP contribution in [0.25, 0.3) is 0 Å². The van der Waals surface area contributed by atoms with E-state index in [9.17, 15) is 5.11 Å². The first-order chi connectivity index (χ1) is 8.55. The maximum Gasteiger partial charge on any atom is 0.0949 e. The van der Waals surface area contributed by atoms with Gasteiger partial charge in [0.25, 0.3) is 0 Å². The van der Waals surface area contributed by atoms with Crippen molar-refractivity contribution in [3.05, 3.63) is 35.4 Å². The van der Waals surface area contributed by atoms with Crippen LogP contribution in [0.3, 0.4) is 0 Å². The van der Waals surface area contributed by atoms with Crippen LogP contribution >= 0.6 is 0 Å². The van der Waals surface area contributed by atoms with Crippen LogP contribution in [0.15, 0.2) is 24.3 Å². The summed E-state index contributed by atoms with van der Waals surface area (Å²) >= 11 is 0. The van der Waals surface area contributed by atoms with E-state index in [-0.39, 0.29) is 5.41 Å². The normalized spacial score (nSPS) is 31.3. The predicted octanol–water partition coefficient (Wildman–Crippen LogP) is 4.35. The van der Waals surface area contributed by atoms with Gasteiger partial charge in [-0.05, 0) is 54.6 Å². The summed E-state index contributed by atoms with van der Waals surface area (Å²) in [7, 11) is 0. The Bertz CT molecular complexity index is 445. The van der Waals surface area contributed by atoms with Gasteiger partial charge in [0.15, 0.2) is 0 Å². The molecule has 0 spiro atoms. The summed E-state index contributed by atoms with van der Waals surface area (Å²) in [5.41, 5.74) is 2.03. The van der Waals surface area contributed by atoms with Crippen molar-refractivity contribution in [2.75, 3.05) is 0 Å². The molecule has 1 nitrogen and oxygen atoms in total. The Morgan fingerprint density at radius 3 is 2.33 bits per heavy atom. The van der Waals surface area contributed by atoms with Crippen molar-refractivity contribution in [3.8, 4) is 0 Å². The SMILES string of the molecule is CC1(C)CCCC1(O)c1ccccc1C1CCC1. The number of rotatable bonds is 2. The second-order valence-electron chi connectivity index (χ2n) is 6.81. The van der Waals surface area contributed by atoms with E-state index in [2.05, 4.69) is 38.1 Å². The summed E-state index contributed by atoms with van der Waals surface area (Å²) in [5.74, 6) is 0.696. The standard InChI is InChI=1S/C17H24O/c1-16(2)11-6-12-17(16,18)15-10-4-3-9-14(15)13-7-5-8-13/h3-4,9-10,13,18H,5-8,11-12H2,1-2H3. The van der Waals surface area contributed by atoms with E-state index >= 15 is 0 Å². The fourth-order valence-electron chi connectivity index (χ4n) is 3.78. The summed E-state index contributed by atoms with van der Waals surface area (Å²) in [6, 6.07) is 8.62. The first-order valence-corrected chi connectivity index (χ1v) is 7.36. The van der Waals surface area contributed by atoms with Crippen LogP contribution in [0.4, 0.5) is 0 Å². The molecule has 1 unspecified atom stereocenters. The zero-order valence-corrected chi connectivity index (χ0v) is 11.6. The summed E-state index contributed by atoms with van der Waals surface area (Å²) < 4.78 is 0. The van der Waals surface area contributed by atoms with Crippen molar-refractivity contribution >= 4 is 0 Å². The summed E-state index contributed by atoms with van der Waals surface area (Å²) in [4.78, 5) is 0. The number of hydrogen-bond donors (Lipinski definition) is 1. The monoisotopic (exact) mass is 244 g/mol. The number of hydrogen-bond acceptors (Lipinski definition) is 1. The Morgan fingerprint density at radius 2 is 1.78 bits per heavy atom. The van der Waals surface area contributed by atoms with Gasteiger partial charge in [-0.15, -0.1) is 0 Å². The van der Waals surface area contributed by atoms with Gasteiger partial charge >= 0.3 is 0 Å². The first kappa shape index (κ1) is 12.2. The van der Waals surface area contributed by atoms with Crippen LogP contribution in [0, 0.1) is 5.41 Å². The maximum atomic E-state index is 11.2. The van der Waals surface area contributed by atoms with E-state index in [4.69, 9.17) is 0 Å². The van der Waals surface area contributed by atoms with Crippen molar-refractivity contribution in [2.24, 2.45) is 5.41 Å². The van der Waals surface area contributed by atoms with Crippen molar-refractivity contribution in [1.82, 2.24) is 0 Å². The molecular weight excluding hydrogens is 220 g/mol. The lowest BCUT2D eigenvalue weighted by Crippen LogP contribution is -2.38. The second-order valence-corrected chi connectivity index (χ2v) is 6.81. The minimum atomic E-state index is -0.612. The molecule has 1 aromatic carbocycles. The smallest absolute Gasteiger partial charge is 0.0949 e. The minimum absolute atomic E-state index is 0.00680. The highest BCUT2D eigenvalue weighted by Crippen LogP contribution is 2.54. The van der Waals surface area contributed by atoms with E-state index in [0.29, 0.717) is 5.92 Å². The molecule has 0 bridgehead atoms. The molecule has 0 amide bonds. The number of benzene rings is 1. The van der Waals surface area contributed by atoms with Crippen LogP contribution < -0.4 is 0 Å². The largest absolute Gasteiger partial charge is 0.385 e. The van der Waals surface area contributed by atoms with Crippen molar-refractivity contribution < 1.29 is 5.11 Å². The quantitative estimate of drug-likeness (QED) is 0.820. The Kier molecular flexibility index (Phi) is 2.78. The molecular formula is C17H24O. The van der Waals surface area contributed by atoms with Gasteiger partial charge < -0.3 is 5.11 Å². The fourth-order valence-corrected chi connectivity index (χ4v) is 3.78. The molecule has 1 N–H and O–H groups in total. The zero-order valence-electron chi connectivity index (χ0n) is 11.6. The molecule has 2 fully saturated rings. The molecule has 1 heteroatoms. The minimum Gasteiger partial charge on any atom is -0.385 e. The van der Waals surface area contributed by atoms with Crippen LogP contribution in [-0.2, 0) is 5.60 Å². The van der Waals surface area contributed by atoms with E-state index in [1.165, 1.54) is 30.4 Å². The summed E-state index contributed by atoms with van der Waals surface area (Å²) in [6.45, 7) is 4.44. The third-order valence-corrected chi connectivity index (χ3v) is 5.41. The molecule has 1 aromatic rings. The van der Waals surface area contributed by atoms with Gasteiger partial charge in [0, 0.05) is 0 Å². The highest BCUT2D eigenvalue weighted by molar-refractivity contribution is 5.38. The summed E-state index contributed by atoms with van der Waals surface area (Å²) in [6.07, 6.45) is 7.14. The maximum absolute atomic E-state index is 11.2. The fraction of sp³-hybridized carbons (Fsp3) is 0.647. The van der Waals surface area contributed by atoms with Crippen molar-refractivity contribution in [2.45, 2.75) is 63.9 Å². The Hall–Kier alpha value is -0.820. The summed E-state index contributed by atoms with van der Waals surface area (Å²) in [5, 5.41) is 11.2. The molecule has 0 aliphatic heterocycles. The van der Waals surface area contributed by atoms with Crippen LogP contribution in [0.1, 0.15) is 69.4 Å². The molecule has 0 saturated heterocycles. The van der Waals surface area contributed by atoms with Gasteiger partial charge in [-0.25, -0.2) is 0 Å². The van der Waals surface area contributed by atoms with E-state index in [1.807, 2.05) is 0 Å². The van der Waals surface area contributed by atoms with Crippen LogP contribution in [-0.4, -0.2) is 5.11 Å². The molecule has 3 rings (SSSR count). The molecule has 2 saturated carbocycles. The predicted molar refractivity (Wildman–Crippen MR) is 74.6 cm³/mol. The lowest BCUT2D eigenvalue weighted by Gasteiger charge is -2.40. The molecule has 98 valence electrons. The van der Waals surface area contributed by atoms with E-state index in [1.54, 1.807) is 0 Å². The van der Waals surface area contributed by atoms with Crippen LogP contribution in [0.2, 0.25) is 0 Å². The molecule has 2 aliphatic carbocycles. The number of aliphatic hydroxyl groups is 1. The van der Waals surface area contributed by atoms with Gasteiger partial charge in [0.2, 0.25) is 0 Å². The van der Waals surface area contributed by atoms with Crippen LogP contribution in [0.5, 0.6) is 0 Å². The van der Waals surface area contributed by atoms with Gasteiger partial charge in [-0.1, -0.05) is 44.5 Å². The second kappa shape index (κ2) is 4.09. The Labute approximate surface area is 110 Å². The van der Waals surface area contributed by atoms with Crippen molar-refractivity contribution in [3.63, 3.8) is 0 Å². The molecule has 2 aliphatic rings. The van der Waals surface area contributed by atoms with Gasteiger partial charge in [0.05, 0.1) is 5.60 Å². The van der Waals surface area contributed by atoms with Gasteiger partial charge in [-0.2, -0.15) is 0 Å². The first-order valence-electron chi connectivity index (χ1n) is 7.36. The molecule has 0 heterocycles. The average molecular weight is 244 g/mol. The topological polar surface area (TPSA) is 20.2 Å². The van der Waals surface area contributed by atoms with E-state index < -0.39 is 5.60 Å². The lowest BCUT2D eigenvalue weighted by atomic mass is 9.68. The molecule has 18 heavy (non-hydrogen) atoms. The lowest BCUT2D eigenvalue weighted by molar-refractivity contribution is -0.0497. The molecule has 0 aromatic heterocycles. The van der Waals surface area contributed by atoms with E-state index in [0.717, 1.165) is 19.3 Å².